The molecule has 5 heteroatoms. The third kappa shape index (κ3) is 7.46. The zero-order valence-electron chi connectivity index (χ0n) is 21.7. The molecule has 0 bridgehead atoms. The number of hydrogen-bond donors (Lipinski definition) is 1. The molecule has 188 valence electrons. The summed E-state index contributed by atoms with van der Waals surface area (Å²) in [6, 6.07) is 7.69. The maximum absolute atomic E-state index is 8.93. The van der Waals surface area contributed by atoms with Crippen molar-refractivity contribution in [2.24, 2.45) is 5.92 Å². The zero-order chi connectivity index (χ0) is 24.8. The maximum Gasteiger partial charge on any atom is 0.119 e. The first-order chi connectivity index (χ1) is 16.1. The van der Waals surface area contributed by atoms with Crippen LogP contribution in [0.2, 0.25) is 0 Å². The van der Waals surface area contributed by atoms with Gasteiger partial charge in [-0.15, -0.1) is 0 Å². The highest BCUT2D eigenvalue weighted by molar-refractivity contribution is 5.52. The van der Waals surface area contributed by atoms with Gasteiger partial charge in [0.25, 0.3) is 0 Å². The molecule has 3 aliphatic rings. The molecule has 1 saturated carbocycles. The highest BCUT2D eigenvalue weighted by atomic mass is 16.6. The number of allylic oxidation sites excluding steroid dienone is 2. The molecule has 1 aliphatic carbocycles. The largest absolute Gasteiger partial charge is 0.509 e. The van der Waals surface area contributed by atoms with E-state index in [0.29, 0.717) is 18.6 Å². The Morgan fingerprint density at radius 3 is 2.53 bits per heavy atom. The van der Waals surface area contributed by atoms with Gasteiger partial charge in [0.15, 0.2) is 0 Å². The van der Waals surface area contributed by atoms with Crippen LogP contribution in [0.5, 0.6) is 5.75 Å². The molecule has 1 aromatic rings. The second-order valence-corrected chi connectivity index (χ2v) is 10.5. The van der Waals surface area contributed by atoms with Crippen LogP contribution >= 0.6 is 0 Å². The van der Waals surface area contributed by atoms with Crippen LogP contribution in [-0.4, -0.2) is 61.2 Å². The van der Waals surface area contributed by atoms with Gasteiger partial charge in [0, 0.05) is 12.5 Å². The summed E-state index contributed by atoms with van der Waals surface area (Å²) in [7, 11) is 4.03. The third-order valence-electron chi connectivity index (χ3n) is 7.06. The maximum atomic E-state index is 8.93. The molecule has 5 nitrogen and oxygen atoms in total. The number of likely N-dealkylation sites (N-methyl/N-ethyl adjacent to an activating group) is 1. The molecule has 0 aromatic heterocycles. The van der Waals surface area contributed by atoms with Crippen LogP contribution in [0.15, 0.2) is 54.3 Å². The Morgan fingerprint density at radius 1 is 1.24 bits per heavy atom. The lowest BCUT2D eigenvalue weighted by Gasteiger charge is -2.32. The first kappa shape index (κ1) is 26.5. The van der Waals surface area contributed by atoms with E-state index < -0.39 is 0 Å². The van der Waals surface area contributed by atoms with Crippen LogP contribution in [0.25, 0.3) is 6.08 Å². The van der Waals surface area contributed by atoms with Crippen molar-refractivity contribution in [1.29, 1.82) is 0 Å². The molecule has 2 aliphatic heterocycles. The number of aliphatic hydroxyl groups excluding tert-OH is 1. The van der Waals surface area contributed by atoms with E-state index in [4.69, 9.17) is 19.3 Å². The Balaban J connectivity index is 0.000000191. The molecule has 34 heavy (non-hydrogen) atoms. The van der Waals surface area contributed by atoms with E-state index in [2.05, 4.69) is 38.3 Å². The Kier molecular flexibility index (Phi) is 9.02. The summed E-state index contributed by atoms with van der Waals surface area (Å²) in [5.74, 6) is 1.54. The summed E-state index contributed by atoms with van der Waals surface area (Å²) in [6.07, 6.45) is 12.4. The lowest BCUT2D eigenvalue weighted by Crippen LogP contribution is -2.39. The molecule has 4 rings (SSSR count). The molecular weight excluding hydrogens is 426 g/mol. The zero-order valence-corrected chi connectivity index (χ0v) is 21.7. The van der Waals surface area contributed by atoms with Crippen molar-refractivity contribution < 1.29 is 19.3 Å². The predicted octanol–water partition coefficient (Wildman–Crippen LogP) is 6.17. The smallest absolute Gasteiger partial charge is 0.119 e. The van der Waals surface area contributed by atoms with Crippen LogP contribution in [0, 0.1) is 5.92 Å². The summed E-state index contributed by atoms with van der Waals surface area (Å²) in [6.45, 7) is 12.6. The second kappa shape index (κ2) is 11.6. The van der Waals surface area contributed by atoms with Gasteiger partial charge in [0.05, 0.1) is 23.9 Å². The standard InChI is InChI=1S/C15H24O2.C14H19NO2/c1-11(2)7-8-13-14(3,17-13)12-6-4-5-9-15(12)10-16-15;1-12(16)4-5-13-6-8-14(9-7-13)17-11-10-15(2)3/h7,12-13H,4-6,8-10H2,1-3H3;4-9,16H,1,10-11H2,2-3H3/b;5-4+. The van der Waals surface area contributed by atoms with Crippen LogP contribution in [0.4, 0.5) is 0 Å². The van der Waals surface area contributed by atoms with Gasteiger partial charge in [-0.2, -0.15) is 0 Å². The lowest BCUT2D eigenvalue weighted by atomic mass is 9.71. The van der Waals surface area contributed by atoms with E-state index in [1.54, 1.807) is 12.2 Å². The van der Waals surface area contributed by atoms with Gasteiger partial charge >= 0.3 is 0 Å². The number of aliphatic hydroxyl groups is 1. The quantitative estimate of drug-likeness (QED) is 0.203. The van der Waals surface area contributed by atoms with Crippen LogP contribution in [0.1, 0.15) is 58.4 Å². The Morgan fingerprint density at radius 2 is 1.94 bits per heavy atom. The van der Waals surface area contributed by atoms with Crippen LogP contribution in [-0.2, 0) is 9.47 Å². The fourth-order valence-corrected chi connectivity index (χ4v) is 4.87. The monoisotopic (exact) mass is 469 g/mol. The van der Waals surface area contributed by atoms with Crippen molar-refractivity contribution in [3.63, 3.8) is 0 Å². The van der Waals surface area contributed by atoms with E-state index in [9.17, 15) is 0 Å². The summed E-state index contributed by atoms with van der Waals surface area (Å²) < 4.78 is 17.4. The molecule has 2 heterocycles. The van der Waals surface area contributed by atoms with Crippen molar-refractivity contribution in [3.8, 4) is 5.75 Å². The molecule has 0 amide bonds. The Bertz CT molecular complexity index is 865. The number of nitrogens with zero attached hydrogens (tertiary/aromatic N) is 1. The summed E-state index contributed by atoms with van der Waals surface area (Å²) in [5.41, 5.74) is 2.71. The molecule has 1 spiro atoms. The van der Waals surface area contributed by atoms with Crippen LogP contribution in [0.3, 0.4) is 0 Å². The molecule has 3 fully saturated rings. The molecular formula is C29H43NO4. The summed E-state index contributed by atoms with van der Waals surface area (Å²) in [5, 5.41) is 8.93. The molecule has 0 radical (unpaired) electrons. The summed E-state index contributed by atoms with van der Waals surface area (Å²) in [4.78, 5) is 2.07. The first-order valence-electron chi connectivity index (χ1n) is 12.5. The van der Waals surface area contributed by atoms with Gasteiger partial charge in [-0.1, -0.05) is 49.3 Å². The molecule has 4 atom stereocenters. The first-order valence-corrected chi connectivity index (χ1v) is 12.5. The predicted molar refractivity (Wildman–Crippen MR) is 139 cm³/mol. The van der Waals surface area contributed by atoms with Crippen LogP contribution < -0.4 is 4.74 Å². The van der Waals surface area contributed by atoms with Crippen molar-refractivity contribution in [1.82, 2.24) is 4.90 Å². The van der Waals surface area contributed by atoms with E-state index in [1.807, 2.05) is 38.4 Å². The minimum Gasteiger partial charge on any atom is -0.509 e. The topological polar surface area (TPSA) is 57.8 Å². The third-order valence-corrected chi connectivity index (χ3v) is 7.06. The Hall–Kier alpha value is -2.08. The van der Waals surface area contributed by atoms with Gasteiger partial charge in [-0.3, -0.25) is 0 Å². The number of benzene rings is 1. The normalized spacial score (nSPS) is 29.5. The molecule has 1 N–H and O–H groups in total. The highest BCUT2D eigenvalue weighted by Gasteiger charge is 2.67. The van der Waals surface area contributed by atoms with E-state index in [0.717, 1.165) is 30.9 Å². The minimum absolute atomic E-state index is 0.0521. The van der Waals surface area contributed by atoms with Gasteiger partial charge in [-0.05, 0) is 77.9 Å². The van der Waals surface area contributed by atoms with Crippen molar-refractivity contribution in [2.75, 3.05) is 33.9 Å². The number of epoxide rings is 2. The van der Waals surface area contributed by atoms with E-state index in [1.165, 1.54) is 31.3 Å². The summed E-state index contributed by atoms with van der Waals surface area (Å²) >= 11 is 0. The lowest BCUT2D eigenvalue weighted by molar-refractivity contribution is 0.0886. The van der Waals surface area contributed by atoms with Crippen molar-refractivity contribution in [2.45, 2.75) is 70.2 Å². The fourth-order valence-electron chi connectivity index (χ4n) is 4.87. The molecule has 2 saturated heterocycles. The Labute approximate surface area is 206 Å². The average molecular weight is 470 g/mol. The van der Waals surface area contributed by atoms with Crippen molar-refractivity contribution in [3.05, 3.63) is 59.9 Å². The molecule has 4 unspecified atom stereocenters. The number of rotatable bonds is 9. The number of ether oxygens (including phenoxy) is 3. The van der Waals surface area contributed by atoms with Gasteiger partial charge in [-0.25, -0.2) is 0 Å². The highest BCUT2D eigenvalue weighted by Crippen LogP contribution is 2.58. The SMILES string of the molecule is C=C(O)/C=C/c1ccc(OCCN(C)C)cc1.CC(C)=CCC1OC1(C)C1CCCCC12CO2. The molecule has 1 aromatic carbocycles. The van der Waals surface area contributed by atoms with Gasteiger partial charge in [0.1, 0.15) is 18.1 Å². The second-order valence-electron chi connectivity index (χ2n) is 10.5. The number of hydrogen-bond acceptors (Lipinski definition) is 5. The average Bonchev–Trinajstić information content (AvgIpc) is 3.70. The fraction of sp³-hybridized carbons (Fsp3) is 0.586. The van der Waals surface area contributed by atoms with E-state index in [-0.39, 0.29) is 17.0 Å². The van der Waals surface area contributed by atoms with Gasteiger partial charge in [0.2, 0.25) is 0 Å². The van der Waals surface area contributed by atoms with Crippen molar-refractivity contribution >= 4 is 6.08 Å². The minimum atomic E-state index is 0.0521. The van der Waals surface area contributed by atoms with Gasteiger partial charge < -0.3 is 24.2 Å². The van der Waals surface area contributed by atoms with E-state index >= 15 is 0 Å².